The number of aliphatic hydroxyl groups excluding tert-OH is 1. The van der Waals surface area contributed by atoms with Crippen LogP contribution in [0.4, 0.5) is 4.79 Å². The molecule has 5 nitrogen and oxygen atoms in total. The molecule has 1 rings (SSSR count). The zero-order chi connectivity index (χ0) is 11.6. The summed E-state index contributed by atoms with van der Waals surface area (Å²) in [7, 11) is 0. The number of Topliss-reactive ketones (excluding diaryl/α,β-unsaturated/α-hetero) is 1. The number of carbonyl (C=O) groups excluding carboxylic acids is 2. The van der Waals surface area contributed by atoms with E-state index in [1.165, 1.54) is 0 Å². The highest BCUT2D eigenvalue weighted by Crippen LogP contribution is 2.16. The average molecular weight is 215 g/mol. The maximum atomic E-state index is 11.6. The Morgan fingerprint density at radius 1 is 1.53 bits per heavy atom. The minimum absolute atomic E-state index is 0.320. The third-order valence-corrected chi connectivity index (χ3v) is 2.03. The molecule has 1 atom stereocenters. The Balaban J connectivity index is 2.63. The molecule has 0 aliphatic carbocycles. The van der Waals surface area contributed by atoms with Gasteiger partial charge in [0.25, 0.3) is 0 Å². The van der Waals surface area contributed by atoms with Crippen molar-refractivity contribution < 1.29 is 19.4 Å². The molecule has 5 heteroatoms. The Bertz CT molecular complexity index is 269. The van der Waals surface area contributed by atoms with Gasteiger partial charge >= 0.3 is 6.09 Å². The molecule has 0 saturated carbocycles. The molecule has 0 aromatic rings. The summed E-state index contributed by atoms with van der Waals surface area (Å²) in [4.78, 5) is 23.8. The van der Waals surface area contributed by atoms with Gasteiger partial charge in [-0.15, -0.1) is 0 Å². The number of piperidine rings is 1. The third kappa shape index (κ3) is 3.20. The molecule has 1 unspecified atom stereocenters. The second-order valence-corrected chi connectivity index (χ2v) is 4.62. The molecule has 0 aromatic heterocycles. The lowest BCUT2D eigenvalue weighted by Crippen LogP contribution is -2.50. The van der Waals surface area contributed by atoms with Crippen LogP contribution in [0, 0.1) is 0 Å². The summed E-state index contributed by atoms with van der Waals surface area (Å²) in [6.45, 7) is 5.58. The van der Waals surface area contributed by atoms with Gasteiger partial charge < -0.3 is 9.84 Å². The monoisotopic (exact) mass is 215 g/mol. The summed E-state index contributed by atoms with van der Waals surface area (Å²) in [5, 5.41) is 9.48. The fraction of sp³-hybridized carbons (Fsp3) is 0.800. The first-order chi connectivity index (χ1) is 6.81. The van der Waals surface area contributed by atoms with Crippen LogP contribution < -0.4 is 0 Å². The SMILES string of the molecule is CC(C)(C)OC(=O)N1CCCC(=O)C1O. The fourth-order valence-electron chi connectivity index (χ4n) is 1.36. The van der Waals surface area contributed by atoms with E-state index < -0.39 is 17.9 Å². The molecule has 1 saturated heterocycles. The van der Waals surface area contributed by atoms with E-state index in [-0.39, 0.29) is 5.78 Å². The topological polar surface area (TPSA) is 66.8 Å². The normalized spacial score (nSPS) is 22.8. The molecule has 0 radical (unpaired) electrons. The van der Waals surface area contributed by atoms with Crippen LogP contribution in [0.1, 0.15) is 33.6 Å². The van der Waals surface area contributed by atoms with E-state index in [1.54, 1.807) is 20.8 Å². The summed E-state index contributed by atoms with van der Waals surface area (Å²) in [5.41, 5.74) is -0.614. The van der Waals surface area contributed by atoms with E-state index >= 15 is 0 Å². The van der Waals surface area contributed by atoms with Crippen LogP contribution in [0.15, 0.2) is 0 Å². The number of hydrogen-bond acceptors (Lipinski definition) is 4. The number of carbonyl (C=O) groups is 2. The third-order valence-electron chi connectivity index (χ3n) is 2.03. The van der Waals surface area contributed by atoms with Gasteiger partial charge in [-0.25, -0.2) is 4.79 Å². The zero-order valence-electron chi connectivity index (χ0n) is 9.32. The number of amides is 1. The van der Waals surface area contributed by atoms with Crippen molar-refractivity contribution in [3.63, 3.8) is 0 Å². The van der Waals surface area contributed by atoms with Gasteiger partial charge in [-0.1, -0.05) is 0 Å². The van der Waals surface area contributed by atoms with Crippen LogP contribution in [0.2, 0.25) is 0 Å². The van der Waals surface area contributed by atoms with Gasteiger partial charge in [0.05, 0.1) is 0 Å². The number of rotatable bonds is 0. The molecule has 1 aliphatic rings. The summed E-state index contributed by atoms with van der Waals surface area (Å²) in [5.74, 6) is -0.327. The van der Waals surface area contributed by atoms with E-state index in [0.717, 1.165) is 4.90 Å². The van der Waals surface area contributed by atoms with Crippen LogP contribution in [0.25, 0.3) is 0 Å². The predicted octanol–water partition coefficient (Wildman–Crippen LogP) is 0.905. The van der Waals surface area contributed by atoms with Crippen molar-refractivity contribution in [1.29, 1.82) is 0 Å². The van der Waals surface area contributed by atoms with Crippen molar-refractivity contribution >= 4 is 11.9 Å². The van der Waals surface area contributed by atoms with Gasteiger partial charge in [-0.3, -0.25) is 9.69 Å². The molecular formula is C10H17NO4. The maximum absolute atomic E-state index is 11.6. The quantitative estimate of drug-likeness (QED) is 0.652. The van der Waals surface area contributed by atoms with Gasteiger partial charge in [0.15, 0.2) is 12.0 Å². The summed E-state index contributed by atoms with van der Waals surface area (Å²) >= 11 is 0. The Labute approximate surface area is 89.0 Å². The van der Waals surface area contributed by atoms with Crippen LogP contribution >= 0.6 is 0 Å². The summed E-state index contributed by atoms with van der Waals surface area (Å²) in [6.07, 6.45) is -1.08. The van der Waals surface area contributed by atoms with Gasteiger partial charge in [0, 0.05) is 13.0 Å². The van der Waals surface area contributed by atoms with Crippen LogP contribution in [-0.4, -0.2) is 40.3 Å². The van der Waals surface area contributed by atoms with Crippen molar-refractivity contribution in [3.8, 4) is 0 Å². The maximum Gasteiger partial charge on any atom is 0.412 e. The molecule has 1 aliphatic heterocycles. The minimum Gasteiger partial charge on any atom is -0.444 e. The molecule has 86 valence electrons. The number of nitrogens with zero attached hydrogens (tertiary/aromatic N) is 1. The fourth-order valence-corrected chi connectivity index (χ4v) is 1.36. The average Bonchev–Trinajstić information content (AvgIpc) is 2.06. The highest BCUT2D eigenvalue weighted by molar-refractivity contribution is 5.87. The minimum atomic E-state index is -1.34. The second-order valence-electron chi connectivity index (χ2n) is 4.62. The van der Waals surface area contributed by atoms with Crippen LogP contribution in [0.3, 0.4) is 0 Å². The smallest absolute Gasteiger partial charge is 0.412 e. The lowest BCUT2D eigenvalue weighted by atomic mass is 10.1. The van der Waals surface area contributed by atoms with Crippen molar-refractivity contribution in [2.75, 3.05) is 6.54 Å². The molecule has 0 aromatic carbocycles. The number of hydrogen-bond donors (Lipinski definition) is 1. The van der Waals surface area contributed by atoms with Gasteiger partial charge in [0.1, 0.15) is 5.60 Å². The predicted molar refractivity (Wildman–Crippen MR) is 53.2 cm³/mol. The van der Waals surface area contributed by atoms with E-state index in [1.807, 2.05) is 0 Å². The largest absolute Gasteiger partial charge is 0.444 e. The van der Waals surface area contributed by atoms with Crippen LogP contribution in [0.5, 0.6) is 0 Å². The van der Waals surface area contributed by atoms with Gasteiger partial charge in [-0.05, 0) is 27.2 Å². The molecule has 1 amide bonds. The van der Waals surface area contributed by atoms with E-state index in [2.05, 4.69) is 0 Å². The van der Waals surface area contributed by atoms with Gasteiger partial charge in [0.2, 0.25) is 0 Å². The molecule has 1 N–H and O–H groups in total. The number of ether oxygens (including phenoxy) is 1. The summed E-state index contributed by atoms with van der Waals surface area (Å²) in [6, 6.07) is 0. The first kappa shape index (κ1) is 12.0. The first-order valence-electron chi connectivity index (χ1n) is 5.01. The Kier molecular flexibility index (Phi) is 3.34. The molecule has 0 bridgehead atoms. The molecule has 1 heterocycles. The standard InChI is InChI=1S/C10H17NO4/c1-10(2,3)15-9(14)11-6-4-5-7(12)8(11)13/h8,13H,4-6H2,1-3H3. The van der Waals surface area contributed by atoms with Crippen molar-refractivity contribution in [1.82, 2.24) is 4.90 Å². The van der Waals surface area contributed by atoms with Gasteiger partial charge in [-0.2, -0.15) is 0 Å². The molecule has 15 heavy (non-hydrogen) atoms. The highest BCUT2D eigenvalue weighted by atomic mass is 16.6. The number of ketones is 1. The van der Waals surface area contributed by atoms with Crippen molar-refractivity contribution in [3.05, 3.63) is 0 Å². The first-order valence-corrected chi connectivity index (χ1v) is 5.01. The highest BCUT2D eigenvalue weighted by Gasteiger charge is 2.33. The second kappa shape index (κ2) is 4.18. The Hall–Kier alpha value is -1.10. The lowest BCUT2D eigenvalue weighted by Gasteiger charge is -2.32. The van der Waals surface area contributed by atoms with E-state index in [4.69, 9.17) is 4.74 Å². The number of likely N-dealkylation sites (tertiary alicyclic amines) is 1. The Morgan fingerprint density at radius 2 is 2.13 bits per heavy atom. The van der Waals surface area contributed by atoms with Crippen molar-refractivity contribution in [2.24, 2.45) is 0 Å². The number of aliphatic hydroxyl groups is 1. The lowest BCUT2D eigenvalue weighted by molar-refractivity contribution is -0.140. The zero-order valence-corrected chi connectivity index (χ0v) is 9.32. The molecule has 1 fully saturated rings. The Morgan fingerprint density at radius 3 is 2.67 bits per heavy atom. The van der Waals surface area contributed by atoms with Crippen LogP contribution in [-0.2, 0) is 9.53 Å². The molecule has 0 spiro atoms. The van der Waals surface area contributed by atoms with Crippen molar-refractivity contribution in [2.45, 2.75) is 45.4 Å². The molecular weight excluding hydrogens is 198 g/mol. The van der Waals surface area contributed by atoms with E-state index in [9.17, 15) is 14.7 Å². The van der Waals surface area contributed by atoms with E-state index in [0.29, 0.717) is 19.4 Å². The summed E-state index contributed by atoms with van der Waals surface area (Å²) < 4.78 is 5.07.